The molecule has 13 heteroatoms. The number of unbranched alkanes of at least 4 members (excludes halogenated alkanes) is 1. The smallest absolute Gasteiger partial charge is 0.326 e. The van der Waals surface area contributed by atoms with Gasteiger partial charge in [-0.25, -0.2) is 9.78 Å². The second-order valence-electron chi connectivity index (χ2n) is 8.19. The Morgan fingerprint density at radius 3 is 2.29 bits per heavy atom. The number of rotatable bonds is 16. The van der Waals surface area contributed by atoms with Gasteiger partial charge < -0.3 is 37.5 Å². The molecule has 3 amide bonds. The lowest BCUT2D eigenvalue weighted by atomic mass is 9.99. The van der Waals surface area contributed by atoms with Gasteiger partial charge in [-0.2, -0.15) is 12.6 Å². The van der Waals surface area contributed by atoms with Crippen molar-refractivity contribution < 1.29 is 24.3 Å². The fourth-order valence-electron chi connectivity index (χ4n) is 3.17. The largest absolute Gasteiger partial charge is 0.480 e. The van der Waals surface area contributed by atoms with Crippen LogP contribution < -0.4 is 27.4 Å². The summed E-state index contributed by atoms with van der Waals surface area (Å²) in [5.74, 6) is -3.32. The van der Waals surface area contributed by atoms with Gasteiger partial charge in [0.2, 0.25) is 17.7 Å². The number of nitrogens with one attached hydrogen (secondary N) is 4. The summed E-state index contributed by atoms with van der Waals surface area (Å²) in [6.45, 7) is 3.95. The number of hydrogen-bond donors (Lipinski definition) is 8. The number of aromatic nitrogens is 2. The Morgan fingerprint density at radius 1 is 1.12 bits per heavy atom. The van der Waals surface area contributed by atoms with E-state index in [2.05, 4.69) is 38.5 Å². The molecule has 0 aliphatic carbocycles. The van der Waals surface area contributed by atoms with Crippen LogP contribution in [0.25, 0.3) is 0 Å². The molecule has 0 aliphatic heterocycles. The lowest BCUT2D eigenvalue weighted by Crippen LogP contribution is -2.58. The maximum Gasteiger partial charge on any atom is 0.326 e. The molecule has 0 saturated carbocycles. The van der Waals surface area contributed by atoms with Crippen molar-refractivity contribution in [3.63, 3.8) is 0 Å². The van der Waals surface area contributed by atoms with Crippen LogP contribution in [0.3, 0.4) is 0 Å². The van der Waals surface area contributed by atoms with Crippen LogP contribution in [0.15, 0.2) is 12.5 Å². The summed E-state index contributed by atoms with van der Waals surface area (Å²) in [5.41, 5.74) is 12.2. The fraction of sp³-hybridized carbons (Fsp3) is 0.667. The molecule has 0 aromatic carbocycles. The summed E-state index contributed by atoms with van der Waals surface area (Å²) in [6.07, 6.45) is 5.28. The average molecular weight is 500 g/mol. The number of nitrogens with zero attached hydrogens (tertiary/aromatic N) is 1. The summed E-state index contributed by atoms with van der Waals surface area (Å²) >= 11 is 4.13. The van der Waals surface area contributed by atoms with Crippen LogP contribution in [0.5, 0.6) is 0 Å². The van der Waals surface area contributed by atoms with Gasteiger partial charge in [0, 0.05) is 24.1 Å². The number of carboxylic acids is 1. The zero-order valence-electron chi connectivity index (χ0n) is 19.6. The molecule has 0 fully saturated rings. The van der Waals surface area contributed by atoms with Crippen molar-refractivity contribution in [1.82, 2.24) is 25.9 Å². The van der Waals surface area contributed by atoms with Gasteiger partial charge in [0.05, 0.1) is 12.4 Å². The van der Waals surface area contributed by atoms with Crippen LogP contribution >= 0.6 is 12.6 Å². The normalized spacial score (nSPS) is 15.4. The Kier molecular flexibility index (Phi) is 13.2. The number of carboxylic acid groups (broad SMARTS) is 1. The quantitative estimate of drug-likeness (QED) is 0.103. The molecule has 9 N–H and O–H groups in total. The minimum Gasteiger partial charge on any atom is -0.480 e. The third kappa shape index (κ3) is 9.69. The molecular weight excluding hydrogens is 462 g/mol. The molecule has 0 radical (unpaired) electrons. The van der Waals surface area contributed by atoms with Crippen LogP contribution in [0.4, 0.5) is 0 Å². The summed E-state index contributed by atoms with van der Waals surface area (Å²) in [5, 5.41) is 17.1. The molecule has 1 aromatic heterocycles. The standard InChI is InChI=1S/C21H37N7O5S/c1-3-12(2)17(21(32)33)28-20(31)16(10-34)27-19(30)15(6-4-5-7-22)26-18(29)14(23)8-13-9-24-11-25-13/h9,11-12,14-17,34H,3-8,10,22-23H2,1-2H3,(H,24,25)(H,26,29)(H,27,30)(H,28,31)(H,32,33). The first-order valence-electron chi connectivity index (χ1n) is 11.3. The van der Waals surface area contributed by atoms with E-state index in [-0.39, 0.29) is 24.5 Å². The van der Waals surface area contributed by atoms with Gasteiger partial charge >= 0.3 is 5.97 Å². The predicted molar refractivity (Wildman–Crippen MR) is 130 cm³/mol. The van der Waals surface area contributed by atoms with Crippen molar-refractivity contribution in [3.8, 4) is 0 Å². The van der Waals surface area contributed by atoms with Crippen LogP contribution in [0.2, 0.25) is 0 Å². The molecule has 1 heterocycles. The topological polar surface area (TPSA) is 205 Å². The van der Waals surface area contributed by atoms with E-state index >= 15 is 0 Å². The molecular formula is C21H37N7O5S. The highest BCUT2D eigenvalue weighted by atomic mass is 32.1. The van der Waals surface area contributed by atoms with Gasteiger partial charge in [-0.3, -0.25) is 14.4 Å². The molecule has 192 valence electrons. The van der Waals surface area contributed by atoms with Gasteiger partial charge in [-0.05, 0) is 31.7 Å². The number of nitrogens with two attached hydrogens (primary N) is 2. The van der Waals surface area contributed by atoms with E-state index in [0.29, 0.717) is 31.5 Å². The number of carbonyl (C=O) groups excluding carboxylic acids is 3. The SMILES string of the molecule is CCC(C)C(NC(=O)C(CS)NC(=O)C(CCCCN)NC(=O)C(N)Cc1cnc[nH]1)C(=O)O. The number of carbonyl (C=O) groups is 4. The molecule has 12 nitrogen and oxygen atoms in total. The maximum atomic E-state index is 13.0. The van der Waals surface area contributed by atoms with E-state index in [1.165, 1.54) is 6.33 Å². The van der Waals surface area contributed by atoms with Crippen molar-refractivity contribution in [1.29, 1.82) is 0 Å². The molecule has 34 heavy (non-hydrogen) atoms. The number of amides is 3. The number of aromatic amines is 1. The number of imidazole rings is 1. The van der Waals surface area contributed by atoms with Crippen LogP contribution in [0.1, 0.15) is 45.2 Å². The summed E-state index contributed by atoms with van der Waals surface area (Å²) in [7, 11) is 0. The Hall–Kier alpha value is -2.64. The predicted octanol–water partition coefficient (Wildman–Crippen LogP) is -1.08. The van der Waals surface area contributed by atoms with E-state index in [9.17, 15) is 24.3 Å². The zero-order valence-corrected chi connectivity index (χ0v) is 20.5. The molecule has 0 spiro atoms. The van der Waals surface area contributed by atoms with E-state index in [1.54, 1.807) is 13.1 Å². The van der Waals surface area contributed by atoms with Gasteiger partial charge in [0.25, 0.3) is 0 Å². The minimum atomic E-state index is -1.16. The highest BCUT2D eigenvalue weighted by molar-refractivity contribution is 7.80. The molecule has 5 atom stereocenters. The van der Waals surface area contributed by atoms with Crippen molar-refractivity contribution in [2.75, 3.05) is 12.3 Å². The Labute approximate surface area is 204 Å². The molecule has 5 unspecified atom stereocenters. The van der Waals surface area contributed by atoms with Gasteiger partial charge in [0.1, 0.15) is 18.1 Å². The van der Waals surface area contributed by atoms with Crippen molar-refractivity contribution in [2.45, 2.75) is 70.1 Å². The molecule has 0 aliphatic rings. The van der Waals surface area contributed by atoms with E-state index in [1.807, 2.05) is 6.92 Å². The van der Waals surface area contributed by atoms with Crippen LogP contribution in [-0.4, -0.2) is 75.2 Å². The Morgan fingerprint density at radius 2 is 1.76 bits per heavy atom. The second kappa shape index (κ2) is 15.3. The molecule has 0 bridgehead atoms. The third-order valence-electron chi connectivity index (χ3n) is 5.50. The number of H-pyrrole nitrogens is 1. The lowest BCUT2D eigenvalue weighted by molar-refractivity contribution is -0.143. The molecule has 1 aromatic rings. The second-order valence-corrected chi connectivity index (χ2v) is 8.55. The zero-order chi connectivity index (χ0) is 25.7. The van der Waals surface area contributed by atoms with Crippen molar-refractivity contribution >= 4 is 36.3 Å². The number of thiol groups is 1. The van der Waals surface area contributed by atoms with Crippen molar-refractivity contribution in [3.05, 3.63) is 18.2 Å². The maximum absolute atomic E-state index is 13.0. The first kappa shape index (κ1) is 29.4. The summed E-state index contributed by atoms with van der Waals surface area (Å²) in [6, 6.07) is -4.06. The van der Waals surface area contributed by atoms with Gasteiger partial charge in [-0.15, -0.1) is 0 Å². The average Bonchev–Trinajstić information content (AvgIpc) is 3.32. The fourth-order valence-corrected chi connectivity index (χ4v) is 3.43. The minimum absolute atomic E-state index is 0.0623. The number of hydrogen-bond acceptors (Lipinski definition) is 8. The van der Waals surface area contributed by atoms with Gasteiger partial charge in [-0.1, -0.05) is 20.3 Å². The summed E-state index contributed by atoms with van der Waals surface area (Å²) in [4.78, 5) is 56.5. The summed E-state index contributed by atoms with van der Waals surface area (Å²) < 4.78 is 0. The lowest BCUT2D eigenvalue weighted by Gasteiger charge is -2.26. The van der Waals surface area contributed by atoms with Crippen LogP contribution in [0, 0.1) is 5.92 Å². The van der Waals surface area contributed by atoms with Gasteiger partial charge in [0.15, 0.2) is 0 Å². The molecule has 1 rings (SSSR count). The monoisotopic (exact) mass is 499 g/mol. The van der Waals surface area contributed by atoms with E-state index in [4.69, 9.17) is 11.5 Å². The highest BCUT2D eigenvalue weighted by Gasteiger charge is 2.31. The van der Waals surface area contributed by atoms with Crippen molar-refractivity contribution in [2.24, 2.45) is 17.4 Å². The number of aliphatic carboxylic acids is 1. The first-order chi connectivity index (χ1) is 16.1. The highest BCUT2D eigenvalue weighted by Crippen LogP contribution is 2.09. The van der Waals surface area contributed by atoms with E-state index < -0.39 is 47.9 Å². The van der Waals surface area contributed by atoms with Crippen LogP contribution in [-0.2, 0) is 25.6 Å². The first-order valence-corrected chi connectivity index (χ1v) is 11.9. The molecule has 0 saturated heterocycles. The van der Waals surface area contributed by atoms with E-state index in [0.717, 1.165) is 0 Å². The Balaban J connectivity index is 2.84. The third-order valence-corrected chi connectivity index (χ3v) is 5.87. The Bertz CT molecular complexity index is 792.